The lowest BCUT2D eigenvalue weighted by Crippen LogP contribution is -2.13. The molecule has 0 saturated carbocycles. The Kier molecular flexibility index (Phi) is 4.91. The molecule has 0 bridgehead atoms. The molecule has 0 rings (SSSR count). The molecule has 12 heavy (non-hydrogen) atoms. The zero-order valence-corrected chi connectivity index (χ0v) is 6.99. The summed E-state index contributed by atoms with van der Waals surface area (Å²) in [4.78, 5) is 29.7. The number of nitrogens with two attached hydrogens (primary N) is 1. The molecule has 0 aromatic carbocycles. The van der Waals surface area contributed by atoms with Gasteiger partial charge in [0.15, 0.2) is 5.78 Å². The molecule has 0 aromatic heterocycles. The lowest BCUT2D eigenvalue weighted by molar-refractivity contribution is -0.250. The predicted molar refractivity (Wildman–Crippen MR) is 40.9 cm³/mol. The van der Waals surface area contributed by atoms with Gasteiger partial charge in [-0.05, 0) is 13.0 Å². The molecule has 0 heterocycles. The number of carbonyl (C=O) groups is 2. The molecule has 0 spiro atoms. The topological polar surface area (TPSA) is 78.6 Å². The van der Waals surface area contributed by atoms with Gasteiger partial charge >= 0.3 is 5.97 Å². The first-order valence-corrected chi connectivity index (χ1v) is 3.28. The highest BCUT2D eigenvalue weighted by atomic mass is 17.2. The van der Waals surface area contributed by atoms with E-state index in [1.807, 2.05) is 0 Å². The molecular weight excluding hydrogens is 162 g/mol. The number of hydrogen-bond acceptors (Lipinski definition) is 5. The van der Waals surface area contributed by atoms with Gasteiger partial charge in [0.05, 0.1) is 13.7 Å². The maximum Gasteiger partial charge on any atom is 0.368 e. The number of ketones is 1. The Morgan fingerprint density at radius 3 is 2.50 bits per heavy atom. The van der Waals surface area contributed by atoms with Crippen LogP contribution in [0.3, 0.4) is 0 Å². The first-order valence-electron chi connectivity index (χ1n) is 3.28. The summed E-state index contributed by atoms with van der Waals surface area (Å²) in [6, 6.07) is 0. The minimum atomic E-state index is -0.695. The van der Waals surface area contributed by atoms with Gasteiger partial charge in [0, 0.05) is 5.57 Å². The second-order valence-electron chi connectivity index (χ2n) is 2.04. The van der Waals surface area contributed by atoms with Crippen molar-refractivity contribution in [2.24, 2.45) is 5.73 Å². The van der Waals surface area contributed by atoms with Gasteiger partial charge in [-0.15, -0.1) is 0 Å². The maximum atomic E-state index is 10.8. The summed E-state index contributed by atoms with van der Waals surface area (Å²) in [6.45, 7) is 1.31. The van der Waals surface area contributed by atoms with Crippen LogP contribution in [-0.4, -0.2) is 25.4 Å². The summed E-state index contributed by atoms with van der Waals surface area (Å²) in [5.74, 6) is -1.03. The molecule has 0 saturated heterocycles. The molecule has 0 aliphatic heterocycles. The lowest BCUT2D eigenvalue weighted by atomic mass is 10.2. The van der Waals surface area contributed by atoms with E-state index in [4.69, 9.17) is 5.73 Å². The fourth-order valence-corrected chi connectivity index (χ4v) is 0.501. The molecule has 68 valence electrons. The quantitative estimate of drug-likeness (QED) is 0.354. The summed E-state index contributed by atoms with van der Waals surface area (Å²) in [5, 5.41) is 0. The van der Waals surface area contributed by atoms with Gasteiger partial charge in [-0.2, -0.15) is 4.89 Å². The van der Waals surface area contributed by atoms with Gasteiger partial charge < -0.3 is 5.73 Å². The lowest BCUT2D eigenvalue weighted by Gasteiger charge is -1.97. The van der Waals surface area contributed by atoms with Gasteiger partial charge in [-0.1, -0.05) is 0 Å². The number of hydrogen-bond donors (Lipinski definition) is 1. The smallest absolute Gasteiger partial charge is 0.324 e. The summed E-state index contributed by atoms with van der Waals surface area (Å²) in [7, 11) is 1.20. The largest absolute Gasteiger partial charge is 0.368 e. The SMILES string of the molecule is COOC(=O)C(C)=CC(=O)CN. The molecule has 0 aliphatic carbocycles. The summed E-state index contributed by atoms with van der Waals surface area (Å²) in [5.41, 5.74) is 5.18. The molecule has 0 amide bonds. The Hall–Kier alpha value is -1.20. The normalized spacial score (nSPS) is 11.1. The monoisotopic (exact) mass is 173 g/mol. The van der Waals surface area contributed by atoms with Crippen LogP contribution in [-0.2, 0) is 19.4 Å². The van der Waals surface area contributed by atoms with Crippen molar-refractivity contribution in [3.63, 3.8) is 0 Å². The molecule has 0 aliphatic rings. The van der Waals surface area contributed by atoms with Crippen LogP contribution < -0.4 is 5.73 Å². The first-order chi connectivity index (χ1) is 5.61. The second-order valence-corrected chi connectivity index (χ2v) is 2.04. The van der Waals surface area contributed by atoms with Crippen molar-refractivity contribution in [2.45, 2.75) is 6.92 Å². The first kappa shape index (κ1) is 10.8. The van der Waals surface area contributed by atoms with Crippen molar-refractivity contribution >= 4 is 11.8 Å². The highest BCUT2D eigenvalue weighted by Gasteiger charge is 2.07. The van der Waals surface area contributed by atoms with Crippen LogP contribution in [0.2, 0.25) is 0 Å². The van der Waals surface area contributed by atoms with E-state index in [1.54, 1.807) is 0 Å². The van der Waals surface area contributed by atoms with E-state index in [9.17, 15) is 9.59 Å². The molecule has 5 heteroatoms. The predicted octanol–water partition coefficient (Wildman–Crippen LogP) is -0.435. The summed E-state index contributed by atoms with van der Waals surface area (Å²) in [6.07, 6.45) is 1.11. The minimum Gasteiger partial charge on any atom is -0.324 e. The van der Waals surface area contributed by atoms with Crippen LogP contribution in [0.1, 0.15) is 6.92 Å². The van der Waals surface area contributed by atoms with E-state index in [-0.39, 0.29) is 17.9 Å². The molecule has 0 fully saturated rings. The third-order valence-electron chi connectivity index (χ3n) is 1.06. The zero-order valence-electron chi connectivity index (χ0n) is 6.99. The van der Waals surface area contributed by atoms with Crippen LogP contribution in [0.4, 0.5) is 0 Å². The van der Waals surface area contributed by atoms with Crippen molar-refractivity contribution in [3.8, 4) is 0 Å². The second kappa shape index (κ2) is 5.45. The minimum absolute atomic E-state index is 0.127. The molecule has 0 atom stereocenters. The van der Waals surface area contributed by atoms with Gasteiger partial charge in [-0.3, -0.25) is 9.68 Å². The van der Waals surface area contributed by atoms with Crippen molar-refractivity contribution in [1.82, 2.24) is 0 Å². The maximum absolute atomic E-state index is 10.8. The Labute approximate surface area is 70.1 Å². The highest BCUT2D eigenvalue weighted by Crippen LogP contribution is 1.96. The Morgan fingerprint density at radius 1 is 1.50 bits per heavy atom. The van der Waals surface area contributed by atoms with Crippen molar-refractivity contribution in [1.29, 1.82) is 0 Å². The van der Waals surface area contributed by atoms with Crippen molar-refractivity contribution < 1.29 is 19.4 Å². The van der Waals surface area contributed by atoms with E-state index in [0.717, 1.165) is 6.08 Å². The van der Waals surface area contributed by atoms with Crippen LogP contribution in [0.25, 0.3) is 0 Å². The highest BCUT2D eigenvalue weighted by molar-refractivity contribution is 5.99. The Morgan fingerprint density at radius 2 is 2.08 bits per heavy atom. The molecular formula is C7H11NO4. The van der Waals surface area contributed by atoms with E-state index in [1.165, 1.54) is 14.0 Å². The van der Waals surface area contributed by atoms with E-state index >= 15 is 0 Å². The number of rotatable bonds is 4. The average molecular weight is 173 g/mol. The number of carbonyl (C=O) groups excluding carboxylic acids is 2. The summed E-state index contributed by atoms with van der Waals surface area (Å²) >= 11 is 0. The molecule has 5 nitrogen and oxygen atoms in total. The van der Waals surface area contributed by atoms with Gasteiger partial charge in [0.2, 0.25) is 0 Å². The molecule has 2 N–H and O–H groups in total. The third kappa shape index (κ3) is 3.85. The van der Waals surface area contributed by atoms with Crippen LogP contribution in [0.5, 0.6) is 0 Å². The standard InChI is InChI=1S/C7H11NO4/c1-5(3-6(9)4-8)7(10)12-11-2/h3H,4,8H2,1-2H3. The van der Waals surface area contributed by atoms with E-state index in [0.29, 0.717) is 0 Å². The van der Waals surface area contributed by atoms with Crippen molar-refractivity contribution in [2.75, 3.05) is 13.7 Å². The van der Waals surface area contributed by atoms with Crippen molar-refractivity contribution in [3.05, 3.63) is 11.6 Å². The summed E-state index contributed by atoms with van der Waals surface area (Å²) < 4.78 is 0. The molecule has 0 radical (unpaired) electrons. The Bertz CT molecular complexity index is 209. The van der Waals surface area contributed by atoms with E-state index in [2.05, 4.69) is 9.78 Å². The van der Waals surface area contributed by atoms with Gasteiger partial charge in [0.25, 0.3) is 0 Å². The van der Waals surface area contributed by atoms with Crippen LogP contribution in [0.15, 0.2) is 11.6 Å². The fraction of sp³-hybridized carbons (Fsp3) is 0.429. The molecule has 0 unspecified atom stereocenters. The fourth-order valence-electron chi connectivity index (χ4n) is 0.501. The molecule has 0 aromatic rings. The Balaban J connectivity index is 4.17. The van der Waals surface area contributed by atoms with Crippen LogP contribution >= 0.6 is 0 Å². The van der Waals surface area contributed by atoms with Crippen LogP contribution in [0, 0.1) is 0 Å². The van der Waals surface area contributed by atoms with Gasteiger partial charge in [0.1, 0.15) is 0 Å². The van der Waals surface area contributed by atoms with E-state index < -0.39 is 5.97 Å². The average Bonchev–Trinajstić information content (AvgIpc) is 2.04. The third-order valence-corrected chi connectivity index (χ3v) is 1.06. The zero-order chi connectivity index (χ0) is 9.56. The van der Waals surface area contributed by atoms with Gasteiger partial charge in [-0.25, -0.2) is 4.79 Å².